The molecule has 0 spiro atoms. The highest BCUT2D eigenvalue weighted by atomic mass is 35.5. The molecule has 0 aromatic heterocycles. The molecule has 7 heteroatoms. The van der Waals surface area contributed by atoms with Crippen molar-refractivity contribution in [1.82, 2.24) is 4.90 Å². The van der Waals surface area contributed by atoms with E-state index in [-0.39, 0.29) is 10.1 Å². The van der Waals surface area contributed by atoms with Crippen LogP contribution >= 0.6 is 35.6 Å². The van der Waals surface area contributed by atoms with Gasteiger partial charge in [0.15, 0.2) is 4.32 Å². The molecular formula is C17H10ClNO3S2. The summed E-state index contributed by atoms with van der Waals surface area (Å²) in [5, 5.41) is 9.80. The molecule has 2 aromatic carbocycles. The Bertz CT molecular complexity index is 860. The van der Waals surface area contributed by atoms with Gasteiger partial charge in [-0.15, -0.1) is 0 Å². The summed E-state index contributed by atoms with van der Waals surface area (Å²) >= 11 is 12.0. The molecule has 4 nitrogen and oxygen atoms in total. The molecule has 1 aliphatic heterocycles. The van der Waals surface area contributed by atoms with Gasteiger partial charge < -0.3 is 5.11 Å². The molecule has 0 saturated carbocycles. The first-order valence-corrected chi connectivity index (χ1v) is 8.43. The smallest absolute Gasteiger partial charge is 0.273 e. The SMILES string of the molecule is O=C1/C(=C\c2ccc(O)cc2)SC(=S)N1C(=O)c1ccc(Cl)cc1. The first-order chi connectivity index (χ1) is 11.5. The highest BCUT2D eigenvalue weighted by Gasteiger charge is 2.37. The van der Waals surface area contributed by atoms with E-state index in [1.54, 1.807) is 42.5 Å². The second-order valence-electron chi connectivity index (χ2n) is 4.92. The molecule has 2 aromatic rings. The van der Waals surface area contributed by atoms with Crippen LogP contribution in [0, 0.1) is 0 Å². The van der Waals surface area contributed by atoms with Gasteiger partial charge in [0.1, 0.15) is 5.75 Å². The number of benzene rings is 2. The second-order valence-corrected chi connectivity index (χ2v) is 7.03. The average molecular weight is 376 g/mol. The van der Waals surface area contributed by atoms with Gasteiger partial charge in [-0.1, -0.05) is 47.7 Å². The van der Waals surface area contributed by atoms with Crippen LogP contribution in [0.4, 0.5) is 0 Å². The van der Waals surface area contributed by atoms with Crippen LogP contribution in [0.3, 0.4) is 0 Å². The van der Waals surface area contributed by atoms with Gasteiger partial charge in [-0.3, -0.25) is 9.59 Å². The van der Waals surface area contributed by atoms with Gasteiger partial charge in [0.2, 0.25) is 0 Å². The molecule has 1 fully saturated rings. The zero-order valence-corrected chi connectivity index (χ0v) is 14.5. The number of hydrogen-bond acceptors (Lipinski definition) is 5. The van der Waals surface area contributed by atoms with E-state index in [1.807, 2.05) is 0 Å². The van der Waals surface area contributed by atoms with Crippen LogP contribution in [0.15, 0.2) is 53.4 Å². The molecule has 1 N–H and O–H groups in total. The number of carbonyl (C=O) groups excluding carboxylic acids is 2. The van der Waals surface area contributed by atoms with E-state index >= 15 is 0 Å². The topological polar surface area (TPSA) is 57.6 Å². The quantitative estimate of drug-likeness (QED) is 0.486. The highest BCUT2D eigenvalue weighted by Crippen LogP contribution is 2.33. The van der Waals surface area contributed by atoms with Gasteiger partial charge >= 0.3 is 0 Å². The van der Waals surface area contributed by atoms with Gasteiger partial charge in [0.25, 0.3) is 11.8 Å². The molecule has 3 rings (SSSR count). The second kappa shape index (κ2) is 6.76. The minimum absolute atomic E-state index is 0.137. The lowest BCUT2D eigenvalue weighted by molar-refractivity contribution is -0.120. The lowest BCUT2D eigenvalue weighted by Crippen LogP contribution is -2.34. The minimum atomic E-state index is -0.483. The van der Waals surface area contributed by atoms with Crippen LogP contribution in [0.1, 0.15) is 15.9 Å². The van der Waals surface area contributed by atoms with Gasteiger partial charge in [0, 0.05) is 10.6 Å². The van der Waals surface area contributed by atoms with Crippen molar-refractivity contribution in [2.45, 2.75) is 0 Å². The molecule has 1 heterocycles. The Hall–Kier alpha value is -2.15. The monoisotopic (exact) mass is 375 g/mol. The molecule has 0 unspecified atom stereocenters. The number of halogens is 1. The van der Waals surface area contributed by atoms with Gasteiger partial charge in [-0.05, 0) is 48.0 Å². The summed E-state index contributed by atoms with van der Waals surface area (Å²) < 4.78 is 0.185. The maximum atomic E-state index is 12.5. The Balaban J connectivity index is 1.87. The van der Waals surface area contributed by atoms with E-state index in [9.17, 15) is 14.7 Å². The maximum Gasteiger partial charge on any atom is 0.273 e. The zero-order valence-electron chi connectivity index (χ0n) is 12.1. The number of thiocarbonyl (C=S) groups is 1. The van der Waals surface area contributed by atoms with E-state index in [1.165, 1.54) is 12.1 Å². The number of aromatic hydroxyl groups is 1. The van der Waals surface area contributed by atoms with E-state index in [4.69, 9.17) is 23.8 Å². The van der Waals surface area contributed by atoms with Crippen LogP contribution in [-0.2, 0) is 4.79 Å². The van der Waals surface area contributed by atoms with Gasteiger partial charge in [0.05, 0.1) is 4.91 Å². The maximum absolute atomic E-state index is 12.5. The Morgan fingerprint density at radius 1 is 1.12 bits per heavy atom. The van der Waals surface area contributed by atoms with Crippen LogP contribution in [0.2, 0.25) is 5.02 Å². The number of imide groups is 1. The number of thioether (sulfide) groups is 1. The Kier molecular flexibility index (Phi) is 4.71. The molecule has 120 valence electrons. The van der Waals surface area contributed by atoms with Crippen molar-refractivity contribution in [2.75, 3.05) is 0 Å². The largest absolute Gasteiger partial charge is 0.508 e. The standard InChI is InChI=1S/C17H10ClNO3S2/c18-12-5-3-11(4-6-12)15(21)19-16(22)14(24-17(19)23)9-10-1-7-13(20)8-2-10/h1-9,20H/b14-9+. The molecule has 2 amide bonds. The van der Waals surface area contributed by atoms with Crippen molar-refractivity contribution in [2.24, 2.45) is 0 Å². The van der Waals surface area contributed by atoms with Crippen LogP contribution in [0.5, 0.6) is 5.75 Å². The molecule has 0 atom stereocenters. The Morgan fingerprint density at radius 2 is 1.75 bits per heavy atom. The number of phenols is 1. The van der Waals surface area contributed by atoms with Crippen molar-refractivity contribution in [3.63, 3.8) is 0 Å². The fourth-order valence-corrected chi connectivity index (χ4v) is 3.47. The summed E-state index contributed by atoms with van der Waals surface area (Å²) in [6.07, 6.45) is 1.63. The summed E-state index contributed by atoms with van der Waals surface area (Å²) in [7, 11) is 0. The van der Waals surface area contributed by atoms with Crippen LogP contribution < -0.4 is 0 Å². The number of rotatable bonds is 2. The van der Waals surface area contributed by atoms with E-state index in [0.29, 0.717) is 15.5 Å². The van der Waals surface area contributed by atoms with Crippen LogP contribution in [-0.4, -0.2) is 26.1 Å². The summed E-state index contributed by atoms with van der Waals surface area (Å²) in [6, 6.07) is 12.6. The van der Waals surface area contributed by atoms with Crippen molar-refractivity contribution in [1.29, 1.82) is 0 Å². The van der Waals surface area contributed by atoms with E-state index in [2.05, 4.69) is 0 Å². The predicted molar refractivity (Wildman–Crippen MR) is 98.9 cm³/mol. The Labute approximate surface area is 152 Å². The number of phenolic OH excluding ortho intramolecular Hbond substituents is 1. The summed E-state index contributed by atoms with van der Waals surface area (Å²) in [5.41, 5.74) is 1.06. The third-order valence-corrected chi connectivity index (χ3v) is 4.83. The van der Waals surface area contributed by atoms with E-state index in [0.717, 1.165) is 22.2 Å². The lowest BCUT2D eigenvalue weighted by atomic mass is 10.2. The summed E-state index contributed by atoms with van der Waals surface area (Å²) in [4.78, 5) is 26.4. The third kappa shape index (κ3) is 3.36. The molecule has 24 heavy (non-hydrogen) atoms. The third-order valence-electron chi connectivity index (χ3n) is 3.28. The molecule has 0 radical (unpaired) electrons. The molecule has 0 aliphatic carbocycles. The normalized spacial score (nSPS) is 16.0. The first-order valence-electron chi connectivity index (χ1n) is 6.82. The molecule has 0 bridgehead atoms. The van der Waals surface area contributed by atoms with Crippen molar-refractivity contribution < 1.29 is 14.7 Å². The number of amides is 2. The fraction of sp³-hybridized carbons (Fsp3) is 0. The van der Waals surface area contributed by atoms with Crippen molar-refractivity contribution in [3.05, 3.63) is 69.6 Å². The van der Waals surface area contributed by atoms with Crippen LogP contribution in [0.25, 0.3) is 6.08 Å². The molecule has 1 aliphatic rings. The van der Waals surface area contributed by atoms with Crippen molar-refractivity contribution in [3.8, 4) is 5.75 Å². The predicted octanol–water partition coefficient (Wildman–Crippen LogP) is 4.09. The van der Waals surface area contributed by atoms with E-state index < -0.39 is 11.8 Å². The number of carbonyl (C=O) groups is 2. The molecular weight excluding hydrogens is 366 g/mol. The van der Waals surface area contributed by atoms with Gasteiger partial charge in [-0.2, -0.15) is 0 Å². The zero-order chi connectivity index (χ0) is 17.3. The first kappa shape index (κ1) is 16.7. The van der Waals surface area contributed by atoms with Crippen molar-refractivity contribution >= 4 is 57.8 Å². The number of nitrogens with zero attached hydrogens (tertiary/aromatic N) is 1. The van der Waals surface area contributed by atoms with Gasteiger partial charge in [-0.25, -0.2) is 4.90 Å². The lowest BCUT2D eigenvalue weighted by Gasteiger charge is -2.12. The summed E-state index contributed by atoms with van der Waals surface area (Å²) in [6.45, 7) is 0. The average Bonchev–Trinajstić information content (AvgIpc) is 2.83. The highest BCUT2D eigenvalue weighted by molar-refractivity contribution is 8.26. The summed E-state index contributed by atoms with van der Waals surface area (Å²) in [5.74, 6) is -0.807. The number of hydrogen-bond donors (Lipinski definition) is 1. The minimum Gasteiger partial charge on any atom is -0.508 e. The molecule has 1 saturated heterocycles. The Morgan fingerprint density at radius 3 is 2.38 bits per heavy atom. The fourth-order valence-electron chi connectivity index (χ4n) is 2.09.